The van der Waals surface area contributed by atoms with E-state index in [0.717, 1.165) is 34.1 Å². The van der Waals surface area contributed by atoms with Crippen molar-refractivity contribution in [3.63, 3.8) is 0 Å². The van der Waals surface area contributed by atoms with Gasteiger partial charge in [0.05, 0.1) is 0 Å². The van der Waals surface area contributed by atoms with Gasteiger partial charge in [0.15, 0.2) is 6.29 Å². The van der Waals surface area contributed by atoms with Gasteiger partial charge in [-0.05, 0) is 60.6 Å². The fraction of sp³-hybridized carbons (Fsp3) is 0.350. The zero-order valence-electron chi connectivity index (χ0n) is 14.1. The van der Waals surface area contributed by atoms with Gasteiger partial charge in [-0.2, -0.15) is 0 Å². The van der Waals surface area contributed by atoms with Gasteiger partial charge in [0.25, 0.3) is 0 Å². The number of fused-ring (bicyclic) bond motifs is 1. The Morgan fingerprint density at radius 2 is 1.82 bits per heavy atom. The van der Waals surface area contributed by atoms with Crippen molar-refractivity contribution >= 4 is 12.4 Å². The van der Waals surface area contributed by atoms with Gasteiger partial charge in [-0.3, -0.25) is 4.79 Å². The molecule has 22 heavy (non-hydrogen) atoms. The Balaban J connectivity index is 2.71. The topological polar surface area (TPSA) is 43.1 Å². The summed E-state index contributed by atoms with van der Waals surface area (Å²) in [5, 5.41) is 0. The van der Waals surface area contributed by atoms with Crippen molar-refractivity contribution in [2.75, 3.05) is 0 Å². The van der Waals surface area contributed by atoms with E-state index in [4.69, 9.17) is 5.73 Å². The van der Waals surface area contributed by atoms with Crippen LogP contribution in [0.2, 0.25) is 0 Å². The summed E-state index contributed by atoms with van der Waals surface area (Å²) in [6.45, 7) is 10.3. The third-order valence-corrected chi connectivity index (χ3v) is 3.90. The van der Waals surface area contributed by atoms with Gasteiger partial charge >= 0.3 is 0 Å². The van der Waals surface area contributed by atoms with Gasteiger partial charge < -0.3 is 5.73 Å². The van der Waals surface area contributed by atoms with Crippen molar-refractivity contribution in [2.45, 2.75) is 46.1 Å². The van der Waals surface area contributed by atoms with Crippen LogP contribution in [0.5, 0.6) is 0 Å². The molecule has 0 radical (unpaired) electrons. The van der Waals surface area contributed by atoms with Crippen LogP contribution in [0.25, 0.3) is 17.2 Å². The molecule has 0 unspecified atom stereocenters. The quantitative estimate of drug-likeness (QED) is 0.824. The van der Waals surface area contributed by atoms with Crippen LogP contribution < -0.4 is 5.73 Å². The van der Waals surface area contributed by atoms with E-state index in [1.165, 1.54) is 5.56 Å². The lowest BCUT2D eigenvalue weighted by Gasteiger charge is -2.11. The van der Waals surface area contributed by atoms with Gasteiger partial charge in [0, 0.05) is 11.1 Å². The van der Waals surface area contributed by atoms with Crippen LogP contribution in [0, 0.1) is 6.92 Å². The number of hydrogen-bond donors (Lipinski definition) is 1. The average Bonchev–Trinajstić information content (AvgIpc) is 2.67. The van der Waals surface area contributed by atoms with Crippen molar-refractivity contribution < 1.29 is 4.79 Å². The van der Waals surface area contributed by atoms with Crippen LogP contribution in [0.4, 0.5) is 0 Å². The molecular weight excluding hydrogens is 270 g/mol. The lowest BCUT2D eigenvalue weighted by molar-refractivity contribution is 0.112. The van der Waals surface area contributed by atoms with Crippen LogP contribution >= 0.6 is 0 Å². The highest BCUT2D eigenvalue weighted by atomic mass is 16.1. The molecular formula is C20H25NO. The first-order chi connectivity index (χ1) is 10.2. The summed E-state index contributed by atoms with van der Waals surface area (Å²) in [6.07, 6.45) is 4.95. The monoisotopic (exact) mass is 295 g/mol. The molecule has 0 aromatic heterocycles. The molecule has 0 spiro atoms. The van der Waals surface area contributed by atoms with Crippen molar-refractivity contribution in [3.8, 4) is 11.1 Å². The predicted molar refractivity (Wildman–Crippen MR) is 94.6 cm³/mol. The summed E-state index contributed by atoms with van der Waals surface area (Å²) < 4.78 is 0. The molecule has 2 rings (SSSR count). The van der Waals surface area contributed by atoms with Crippen molar-refractivity contribution in [3.05, 3.63) is 52.6 Å². The third kappa shape index (κ3) is 3.45. The molecule has 0 saturated carbocycles. The lowest BCUT2D eigenvalue weighted by Crippen LogP contribution is -2.28. The summed E-state index contributed by atoms with van der Waals surface area (Å²) >= 11 is 0. The molecule has 0 aromatic rings. The normalized spacial score (nSPS) is 12.5. The standard InChI is InChI=1S/C20H25NO/c1-13(2)15-7-6-14(3)19-17(12-22)10-16(18(19)11-15)8-9-20(4,5)21/h6-13H,21H2,1-5H3. The molecule has 0 heterocycles. The first-order valence-corrected chi connectivity index (χ1v) is 7.73. The number of carbonyl (C=O) groups is 1. The summed E-state index contributed by atoms with van der Waals surface area (Å²) in [4.78, 5) is 11.5. The smallest absolute Gasteiger partial charge is 0.150 e. The van der Waals surface area contributed by atoms with E-state index in [0.29, 0.717) is 5.92 Å². The first kappa shape index (κ1) is 16.4. The number of nitrogens with two attached hydrogens (primary N) is 1. The molecule has 0 aliphatic heterocycles. The van der Waals surface area contributed by atoms with Gasteiger partial charge in [0.2, 0.25) is 0 Å². The SMILES string of the molecule is Cc1ccc(C(C)C)cc2c(C=CC(C)(C)N)cc(C=O)c1-2. The molecule has 2 aliphatic rings. The number of carbonyl (C=O) groups excluding carboxylic acids is 1. The summed E-state index contributed by atoms with van der Waals surface area (Å²) in [5.41, 5.74) is 12.0. The Labute approximate surface area is 133 Å². The molecule has 0 bridgehead atoms. The van der Waals surface area contributed by atoms with Gasteiger partial charge in [-0.15, -0.1) is 0 Å². The largest absolute Gasteiger partial charge is 0.322 e. The van der Waals surface area contributed by atoms with Gasteiger partial charge in [0.1, 0.15) is 0 Å². The third-order valence-electron chi connectivity index (χ3n) is 3.90. The highest BCUT2D eigenvalue weighted by Crippen LogP contribution is 2.36. The van der Waals surface area contributed by atoms with E-state index >= 15 is 0 Å². The molecule has 0 atom stereocenters. The van der Waals surface area contributed by atoms with Crippen LogP contribution in [0.15, 0.2) is 30.3 Å². The van der Waals surface area contributed by atoms with Crippen molar-refractivity contribution in [2.24, 2.45) is 5.73 Å². The Kier molecular flexibility index (Phi) is 4.52. The fourth-order valence-electron chi connectivity index (χ4n) is 2.63. The number of hydrogen-bond acceptors (Lipinski definition) is 2. The molecule has 2 nitrogen and oxygen atoms in total. The van der Waals surface area contributed by atoms with E-state index in [9.17, 15) is 4.79 Å². The second-order valence-electron chi connectivity index (χ2n) is 6.93. The molecule has 2 aliphatic carbocycles. The summed E-state index contributed by atoms with van der Waals surface area (Å²) in [6, 6.07) is 8.40. The number of aryl methyl sites for hydroxylation is 1. The molecule has 0 saturated heterocycles. The maximum atomic E-state index is 11.5. The highest BCUT2D eigenvalue weighted by Gasteiger charge is 2.17. The second-order valence-corrected chi connectivity index (χ2v) is 6.93. The summed E-state index contributed by atoms with van der Waals surface area (Å²) in [7, 11) is 0. The maximum absolute atomic E-state index is 11.5. The number of rotatable bonds is 4. The highest BCUT2D eigenvalue weighted by molar-refractivity contribution is 5.96. The zero-order valence-corrected chi connectivity index (χ0v) is 14.1. The Morgan fingerprint density at radius 3 is 2.36 bits per heavy atom. The van der Waals surface area contributed by atoms with E-state index in [-0.39, 0.29) is 5.54 Å². The average molecular weight is 295 g/mol. The van der Waals surface area contributed by atoms with Gasteiger partial charge in [-0.25, -0.2) is 0 Å². The summed E-state index contributed by atoms with van der Waals surface area (Å²) in [5.74, 6) is 0.437. The van der Waals surface area contributed by atoms with E-state index in [2.05, 4.69) is 39.0 Å². The molecule has 2 heteroatoms. The van der Waals surface area contributed by atoms with Crippen LogP contribution in [0.3, 0.4) is 0 Å². The lowest BCUT2D eigenvalue weighted by atomic mass is 9.99. The Morgan fingerprint density at radius 1 is 1.14 bits per heavy atom. The van der Waals surface area contributed by atoms with E-state index < -0.39 is 0 Å². The van der Waals surface area contributed by atoms with Crippen LogP contribution in [0.1, 0.15) is 60.7 Å². The Hall–Kier alpha value is -1.93. The predicted octanol–water partition coefficient (Wildman–Crippen LogP) is 4.79. The van der Waals surface area contributed by atoms with E-state index in [1.807, 2.05) is 32.1 Å². The first-order valence-electron chi connectivity index (χ1n) is 7.73. The fourth-order valence-corrected chi connectivity index (χ4v) is 2.63. The molecule has 0 amide bonds. The van der Waals surface area contributed by atoms with Crippen molar-refractivity contribution in [1.29, 1.82) is 0 Å². The molecule has 0 fully saturated rings. The molecule has 2 N–H and O–H groups in total. The van der Waals surface area contributed by atoms with Crippen LogP contribution in [-0.4, -0.2) is 11.8 Å². The minimum Gasteiger partial charge on any atom is -0.322 e. The minimum atomic E-state index is -0.377. The Bertz CT molecular complexity index is 690. The van der Waals surface area contributed by atoms with Crippen molar-refractivity contribution in [1.82, 2.24) is 0 Å². The zero-order chi connectivity index (χ0) is 16.5. The molecule has 116 valence electrons. The second kappa shape index (κ2) is 6.05. The number of aldehydes is 1. The minimum absolute atomic E-state index is 0.377. The molecule has 0 aromatic carbocycles. The van der Waals surface area contributed by atoms with E-state index in [1.54, 1.807) is 0 Å². The maximum Gasteiger partial charge on any atom is 0.150 e. The van der Waals surface area contributed by atoms with Crippen LogP contribution in [-0.2, 0) is 0 Å². The van der Waals surface area contributed by atoms with Gasteiger partial charge in [-0.1, -0.05) is 44.2 Å².